The Morgan fingerprint density at radius 2 is 1.81 bits per heavy atom. The molecule has 0 unspecified atom stereocenters. The molecule has 2 N–H and O–H groups in total. The summed E-state index contributed by atoms with van der Waals surface area (Å²) in [4.78, 5) is 8.30. The molecule has 104 valence electrons. The Hall–Kier alpha value is -2.88. The highest BCUT2D eigenvalue weighted by atomic mass is 16.5. The number of hydrogen-bond donors (Lipinski definition) is 1. The van der Waals surface area contributed by atoms with Gasteiger partial charge in [0.05, 0.1) is 0 Å². The van der Waals surface area contributed by atoms with E-state index in [0.29, 0.717) is 18.2 Å². The lowest BCUT2D eigenvalue weighted by atomic mass is 10.1. The molecule has 2 aromatic heterocycles. The third-order valence-electron chi connectivity index (χ3n) is 3.11. The van der Waals surface area contributed by atoms with Gasteiger partial charge in [-0.3, -0.25) is 4.98 Å². The van der Waals surface area contributed by atoms with Crippen molar-refractivity contribution in [3.63, 3.8) is 0 Å². The molecule has 0 aliphatic carbocycles. The summed E-state index contributed by atoms with van der Waals surface area (Å²) in [5.74, 6) is 0.971. The van der Waals surface area contributed by atoms with Crippen molar-refractivity contribution in [2.75, 3.05) is 5.73 Å². The Kier molecular flexibility index (Phi) is 3.78. The molecule has 3 rings (SSSR count). The molecule has 0 amide bonds. The molecular formula is C17H15N3O. The normalized spacial score (nSPS) is 10.3. The fourth-order valence-corrected chi connectivity index (χ4v) is 2.00. The number of rotatable bonds is 4. The molecule has 4 nitrogen and oxygen atoms in total. The van der Waals surface area contributed by atoms with Crippen LogP contribution in [0.5, 0.6) is 5.75 Å². The van der Waals surface area contributed by atoms with Gasteiger partial charge in [0.2, 0.25) is 0 Å². The number of nitrogen functional groups attached to an aromatic ring is 1. The maximum atomic E-state index is 5.88. The van der Waals surface area contributed by atoms with Crippen LogP contribution in [0.4, 0.5) is 5.82 Å². The van der Waals surface area contributed by atoms with Gasteiger partial charge < -0.3 is 10.5 Å². The molecular weight excluding hydrogens is 262 g/mol. The van der Waals surface area contributed by atoms with Gasteiger partial charge in [0.1, 0.15) is 6.61 Å². The smallest absolute Gasteiger partial charge is 0.166 e. The highest BCUT2D eigenvalue weighted by Crippen LogP contribution is 2.27. The number of benzene rings is 1. The number of nitrogens with zero attached hydrogens (tertiary/aromatic N) is 2. The summed E-state index contributed by atoms with van der Waals surface area (Å²) < 4.78 is 5.78. The van der Waals surface area contributed by atoms with Gasteiger partial charge >= 0.3 is 0 Å². The third kappa shape index (κ3) is 3.17. The standard InChI is InChI=1S/C17H15N3O/c18-17-16(21-12-13-5-2-1-3-6-13)9-15(11-20-17)14-7-4-8-19-10-14/h1-11H,12H2,(H2,18,20). The van der Waals surface area contributed by atoms with Crippen molar-refractivity contribution in [1.82, 2.24) is 9.97 Å². The largest absolute Gasteiger partial charge is 0.485 e. The molecule has 0 aliphatic rings. The highest BCUT2D eigenvalue weighted by Gasteiger charge is 2.06. The molecule has 0 atom stereocenters. The van der Waals surface area contributed by atoms with Crippen LogP contribution < -0.4 is 10.5 Å². The average Bonchev–Trinajstić information content (AvgIpc) is 2.56. The van der Waals surface area contributed by atoms with E-state index in [4.69, 9.17) is 10.5 Å². The van der Waals surface area contributed by atoms with E-state index in [1.54, 1.807) is 18.6 Å². The Morgan fingerprint density at radius 3 is 2.57 bits per heavy atom. The van der Waals surface area contributed by atoms with Gasteiger partial charge in [0, 0.05) is 29.7 Å². The Labute approximate surface area is 123 Å². The van der Waals surface area contributed by atoms with Crippen molar-refractivity contribution in [3.05, 3.63) is 72.7 Å². The van der Waals surface area contributed by atoms with E-state index in [1.807, 2.05) is 48.5 Å². The molecule has 0 bridgehead atoms. The van der Waals surface area contributed by atoms with Gasteiger partial charge in [-0.1, -0.05) is 36.4 Å². The minimum atomic E-state index is 0.388. The van der Waals surface area contributed by atoms with E-state index < -0.39 is 0 Å². The molecule has 0 fully saturated rings. The van der Waals surface area contributed by atoms with Gasteiger partial charge in [-0.25, -0.2) is 4.98 Å². The van der Waals surface area contributed by atoms with Gasteiger partial charge in [-0.05, 0) is 17.7 Å². The first-order valence-corrected chi connectivity index (χ1v) is 6.65. The fourth-order valence-electron chi connectivity index (χ4n) is 2.00. The maximum absolute atomic E-state index is 5.88. The molecule has 2 heterocycles. The van der Waals surface area contributed by atoms with Crippen LogP contribution >= 0.6 is 0 Å². The molecule has 4 heteroatoms. The number of ether oxygens (including phenoxy) is 1. The first-order valence-electron chi connectivity index (χ1n) is 6.65. The number of anilines is 1. The highest BCUT2D eigenvalue weighted by molar-refractivity contribution is 5.66. The molecule has 0 spiro atoms. The minimum absolute atomic E-state index is 0.388. The first-order chi connectivity index (χ1) is 10.3. The summed E-state index contributed by atoms with van der Waals surface area (Å²) in [6, 6.07) is 15.7. The van der Waals surface area contributed by atoms with Crippen LogP contribution in [0.2, 0.25) is 0 Å². The second-order valence-electron chi connectivity index (χ2n) is 4.62. The monoisotopic (exact) mass is 277 g/mol. The number of aromatic nitrogens is 2. The van der Waals surface area contributed by atoms with Gasteiger partial charge in [-0.15, -0.1) is 0 Å². The Morgan fingerprint density at radius 1 is 0.952 bits per heavy atom. The van der Waals surface area contributed by atoms with Crippen molar-refractivity contribution in [1.29, 1.82) is 0 Å². The van der Waals surface area contributed by atoms with Crippen LogP contribution in [-0.4, -0.2) is 9.97 Å². The van der Waals surface area contributed by atoms with Crippen LogP contribution in [0.25, 0.3) is 11.1 Å². The predicted molar refractivity (Wildman–Crippen MR) is 82.7 cm³/mol. The average molecular weight is 277 g/mol. The molecule has 0 radical (unpaired) electrons. The summed E-state index contributed by atoms with van der Waals surface area (Å²) in [6.07, 6.45) is 5.25. The van der Waals surface area contributed by atoms with E-state index in [1.165, 1.54) is 0 Å². The van der Waals surface area contributed by atoms with Crippen molar-refractivity contribution in [3.8, 4) is 16.9 Å². The van der Waals surface area contributed by atoms with E-state index >= 15 is 0 Å². The van der Waals surface area contributed by atoms with Crippen molar-refractivity contribution in [2.45, 2.75) is 6.61 Å². The van der Waals surface area contributed by atoms with Crippen molar-refractivity contribution >= 4 is 5.82 Å². The van der Waals surface area contributed by atoms with Crippen LogP contribution in [0, 0.1) is 0 Å². The van der Waals surface area contributed by atoms with E-state index in [2.05, 4.69) is 9.97 Å². The minimum Gasteiger partial charge on any atom is -0.485 e. The molecule has 3 aromatic rings. The maximum Gasteiger partial charge on any atom is 0.166 e. The lowest BCUT2D eigenvalue weighted by Crippen LogP contribution is -2.00. The second kappa shape index (κ2) is 6.05. The number of nitrogens with two attached hydrogens (primary N) is 1. The van der Waals surface area contributed by atoms with Gasteiger partial charge in [-0.2, -0.15) is 0 Å². The summed E-state index contributed by atoms with van der Waals surface area (Å²) >= 11 is 0. The molecule has 0 saturated heterocycles. The van der Waals surface area contributed by atoms with E-state index in [0.717, 1.165) is 16.7 Å². The number of hydrogen-bond acceptors (Lipinski definition) is 4. The molecule has 0 saturated carbocycles. The summed E-state index contributed by atoms with van der Waals surface area (Å²) in [5.41, 5.74) is 8.88. The summed E-state index contributed by atoms with van der Waals surface area (Å²) in [5, 5.41) is 0. The second-order valence-corrected chi connectivity index (χ2v) is 4.62. The van der Waals surface area contributed by atoms with Crippen LogP contribution in [0.15, 0.2) is 67.1 Å². The van der Waals surface area contributed by atoms with Crippen LogP contribution in [0.1, 0.15) is 5.56 Å². The topological polar surface area (TPSA) is 61.0 Å². The molecule has 0 aliphatic heterocycles. The predicted octanol–water partition coefficient (Wildman–Crippen LogP) is 3.30. The Balaban J connectivity index is 1.82. The van der Waals surface area contributed by atoms with E-state index in [-0.39, 0.29) is 0 Å². The lowest BCUT2D eigenvalue weighted by Gasteiger charge is -2.10. The van der Waals surface area contributed by atoms with Crippen molar-refractivity contribution < 1.29 is 4.74 Å². The van der Waals surface area contributed by atoms with Crippen molar-refractivity contribution in [2.24, 2.45) is 0 Å². The zero-order chi connectivity index (χ0) is 14.5. The zero-order valence-corrected chi connectivity index (χ0v) is 11.4. The Bertz CT molecular complexity index is 715. The molecule has 1 aromatic carbocycles. The SMILES string of the molecule is Nc1ncc(-c2cccnc2)cc1OCc1ccccc1. The van der Waals surface area contributed by atoms with Crippen LogP contribution in [0.3, 0.4) is 0 Å². The zero-order valence-electron chi connectivity index (χ0n) is 11.4. The van der Waals surface area contributed by atoms with E-state index in [9.17, 15) is 0 Å². The molecule has 21 heavy (non-hydrogen) atoms. The number of pyridine rings is 2. The third-order valence-corrected chi connectivity index (χ3v) is 3.11. The summed E-state index contributed by atoms with van der Waals surface area (Å²) in [6.45, 7) is 0.462. The summed E-state index contributed by atoms with van der Waals surface area (Å²) in [7, 11) is 0. The van der Waals surface area contributed by atoms with Gasteiger partial charge in [0.25, 0.3) is 0 Å². The van der Waals surface area contributed by atoms with Crippen LogP contribution in [-0.2, 0) is 6.61 Å². The quantitative estimate of drug-likeness (QED) is 0.794. The fraction of sp³-hybridized carbons (Fsp3) is 0.0588. The first kappa shape index (κ1) is 13.1. The lowest BCUT2D eigenvalue weighted by molar-refractivity contribution is 0.307. The van der Waals surface area contributed by atoms with Gasteiger partial charge in [0.15, 0.2) is 11.6 Å².